The van der Waals surface area contributed by atoms with Gasteiger partial charge in [-0.3, -0.25) is 10.1 Å². The van der Waals surface area contributed by atoms with Gasteiger partial charge in [-0.15, -0.1) is 0 Å². The first kappa shape index (κ1) is 11.2. The minimum absolute atomic E-state index is 0.105. The Morgan fingerprint density at radius 1 is 1.53 bits per heavy atom. The Morgan fingerprint density at radius 2 is 2.20 bits per heavy atom. The third-order valence-electron chi connectivity index (χ3n) is 1.80. The first-order chi connectivity index (χ1) is 7.06. The Kier molecular flexibility index (Phi) is 3.37. The predicted octanol–water partition coefficient (Wildman–Crippen LogP) is 1.10. The maximum atomic E-state index is 10.6. The maximum Gasteiger partial charge on any atom is 0.332 e. The highest BCUT2D eigenvalue weighted by atomic mass is 16.6. The van der Waals surface area contributed by atoms with Crippen LogP contribution in [0.15, 0.2) is 0 Å². The fourth-order valence-electron chi connectivity index (χ4n) is 1.13. The van der Waals surface area contributed by atoms with Crippen LogP contribution in [0.2, 0.25) is 0 Å². The van der Waals surface area contributed by atoms with Gasteiger partial charge in [0.05, 0.1) is 4.92 Å². The first-order valence-electron chi connectivity index (χ1n) is 4.58. The molecule has 0 atom stereocenters. The lowest BCUT2D eigenvalue weighted by Gasteiger charge is -2.05. The van der Waals surface area contributed by atoms with Crippen LogP contribution in [0.25, 0.3) is 0 Å². The number of nitrogen functional groups attached to an aromatic ring is 1. The molecule has 1 rings (SSSR count). The van der Waals surface area contributed by atoms with Crippen molar-refractivity contribution < 1.29 is 4.92 Å². The van der Waals surface area contributed by atoms with E-state index in [2.05, 4.69) is 15.3 Å². The van der Waals surface area contributed by atoms with E-state index < -0.39 is 4.92 Å². The molecule has 7 nitrogen and oxygen atoms in total. The molecule has 3 N–H and O–H groups in total. The molecule has 0 bridgehead atoms. The third kappa shape index (κ3) is 2.52. The van der Waals surface area contributed by atoms with Crippen molar-refractivity contribution in [1.82, 2.24) is 9.97 Å². The summed E-state index contributed by atoms with van der Waals surface area (Å²) in [5, 5.41) is 13.5. The van der Waals surface area contributed by atoms with Crippen molar-refractivity contribution in [3.8, 4) is 0 Å². The van der Waals surface area contributed by atoms with Gasteiger partial charge >= 0.3 is 5.69 Å². The zero-order chi connectivity index (χ0) is 11.4. The maximum absolute atomic E-state index is 10.6. The van der Waals surface area contributed by atoms with Gasteiger partial charge in [-0.2, -0.15) is 4.98 Å². The Labute approximate surface area is 86.9 Å². The number of hydrogen-bond acceptors (Lipinski definition) is 6. The fourth-order valence-corrected chi connectivity index (χ4v) is 1.13. The summed E-state index contributed by atoms with van der Waals surface area (Å²) in [6.45, 7) is 4.23. The molecular formula is C8H13N5O2. The molecule has 0 spiro atoms. The van der Waals surface area contributed by atoms with Crippen molar-refractivity contribution in [1.29, 1.82) is 0 Å². The number of nitro groups is 1. The van der Waals surface area contributed by atoms with Gasteiger partial charge in [0.25, 0.3) is 0 Å². The number of nitrogens with two attached hydrogens (primary N) is 1. The van der Waals surface area contributed by atoms with E-state index in [9.17, 15) is 10.1 Å². The molecule has 0 amide bonds. The van der Waals surface area contributed by atoms with Crippen molar-refractivity contribution in [3.63, 3.8) is 0 Å². The first-order valence-corrected chi connectivity index (χ1v) is 4.58. The highest BCUT2D eigenvalue weighted by Gasteiger charge is 2.19. The van der Waals surface area contributed by atoms with E-state index in [0.29, 0.717) is 12.5 Å². The minimum Gasteiger partial charge on any atom is -0.378 e. The summed E-state index contributed by atoms with van der Waals surface area (Å²) in [6.07, 6.45) is 0.916. The Hall–Kier alpha value is -1.92. The monoisotopic (exact) mass is 211 g/mol. The quantitative estimate of drug-likeness (QED) is 0.570. The van der Waals surface area contributed by atoms with Crippen LogP contribution < -0.4 is 11.1 Å². The van der Waals surface area contributed by atoms with E-state index in [1.54, 1.807) is 0 Å². The van der Waals surface area contributed by atoms with Crippen LogP contribution in [-0.4, -0.2) is 21.4 Å². The van der Waals surface area contributed by atoms with Crippen LogP contribution in [0, 0.1) is 17.0 Å². The van der Waals surface area contributed by atoms with Gasteiger partial charge in [0.15, 0.2) is 0 Å². The van der Waals surface area contributed by atoms with E-state index in [-0.39, 0.29) is 17.2 Å². The SMILES string of the molecule is CCCNc1nc(C)c([N+](=O)[O-])c(N)n1. The lowest BCUT2D eigenvalue weighted by atomic mass is 10.3. The van der Waals surface area contributed by atoms with Crippen molar-refractivity contribution in [2.45, 2.75) is 20.3 Å². The number of aryl methyl sites for hydroxylation is 1. The molecule has 15 heavy (non-hydrogen) atoms. The molecule has 7 heteroatoms. The van der Waals surface area contributed by atoms with Crippen molar-refractivity contribution in [3.05, 3.63) is 15.8 Å². The molecule has 0 radical (unpaired) electrons. The highest BCUT2D eigenvalue weighted by molar-refractivity contribution is 5.57. The van der Waals surface area contributed by atoms with Crippen LogP contribution in [0.5, 0.6) is 0 Å². The topological polar surface area (TPSA) is 107 Å². The number of rotatable bonds is 4. The standard InChI is InChI=1S/C8H13N5O2/c1-3-4-10-8-11-5(2)6(13(14)15)7(9)12-8/h3-4H2,1-2H3,(H3,9,10,11,12). The largest absolute Gasteiger partial charge is 0.378 e. The van der Waals surface area contributed by atoms with E-state index in [0.717, 1.165) is 6.42 Å². The number of aromatic nitrogens is 2. The summed E-state index contributed by atoms with van der Waals surface area (Å²) in [4.78, 5) is 17.8. The lowest BCUT2D eigenvalue weighted by molar-refractivity contribution is -0.385. The molecule has 0 fully saturated rings. The van der Waals surface area contributed by atoms with Crippen LogP contribution in [0.1, 0.15) is 19.0 Å². The second kappa shape index (κ2) is 4.54. The molecule has 0 aliphatic carbocycles. The summed E-state index contributed by atoms with van der Waals surface area (Å²) >= 11 is 0. The molecule has 0 saturated heterocycles. The number of nitrogens with one attached hydrogen (secondary N) is 1. The van der Waals surface area contributed by atoms with Crippen molar-refractivity contribution in [2.24, 2.45) is 0 Å². The van der Waals surface area contributed by atoms with E-state index >= 15 is 0 Å². The molecule has 0 aliphatic rings. The zero-order valence-corrected chi connectivity index (χ0v) is 8.65. The van der Waals surface area contributed by atoms with Gasteiger partial charge in [-0.05, 0) is 13.3 Å². The average Bonchev–Trinajstić information content (AvgIpc) is 2.12. The molecule has 0 unspecified atom stereocenters. The minimum atomic E-state index is -0.575. The summed E-state index contributed by atoms with van der Waals surface area (Å²) in [5.74, 6) is 0.226. The summed E-state index contributed by atoms with van der Waals surface area (Å²) in [6, 6.07) is 0. The second-order valence-corrected chi connectivity index (χ2v) is 3.05. The van der Waals surface area contributed by atoms with Gasteiger partial charge in [-0.25, -0.2) is 4.98 Å². The molecule has 0 aliphatic heterocycles. The smallest absolute Gasteiger partial charge is 0.332 e. The Morgan fingerprint density at radius 3 is 2.67 bits per heavy atom. The lowest BCUT2D eigenvalue weighted by Crippen LogP contribution is -2.09. The summed E-state index contributed by atoms with van der Waals surface area (Å²) < 4.78 is 0. The molecule has 0 saturated carbocycles. The fraction of sp³-hybridized carbons (Fsp3) is 0.500. The molecular weight excluding hydrogens is 198 g/mol. The van der Waals surface area contributed by atoms with Crippen LogP contribution in [-0.2, 0) is 0 Å². The van der Waals surface area contributed by atoms with E-state index in [4.69, 9.17) is 5.73 Å². The molecule has 1 aromatic rings. The Balaban J connectivity index is 3.03. The third-order valence-corrected chi connectivity index (χ3v) is 1.80. The summed E-state index contributed by atoms with van der Waals surface area (Å²) in [7, 11) is 0. The van der Waals surface area contributed by atoms with Gasteiger partial charge in [0.2, 0.25) is 11.8 Å². The van der Waals surface area contributed by atoms with Crippen molar-refractivity contribution >= 4 is 17.5 Å². The van der Waals surface area contributed by atoms with E-state index in [1.807, 2.05) is 6.92 Å². The number of hydrogen-bond donors (Lipinski definition) is 2. The Bertz CT molecular complexity index is 356. The van der Waals surface area contributed by atoms with Crippen LogP contribution in [0.3, 0.4) is 0 Å². The number of nitrogens with zero attached hydrogens (tertiary/aromatic N) is 3. The van der Waals surface area contributed by atoms with Gasteiger partial charge in [0.1, 0.15) is 5.69 Å². The van der Waals surface area contributed by atoms with Gasteiger partial charge in [-0.1, -0.05) is 6.92 Å². The second-order valence-electron chi connectivity index (χ2n) is 3.05. The van der Waals surface area contributed by atoms with Gasteiger partial charge in [0, 0.05) is 6.54 Å². The predicted molar refractivity (Wildman–Crippen MR) is 56.6 cm³/mol. The van der Waals surface area contributed by atoms with Crippen molar-refractivity contribution in [2.75, 3.05) is 17.6 Å². The normalized spacial score (nSPS) is 10.0. The average molecular weight is 211 g/mol. The molecule has 1 aromatic heterocycles. The van der Waals surface area contributed by atoms with E-state index in [1.165, 1.54) is 6.92 Å². The molecule has 82 valence electrons. The van der Waals surface area contributed by atoms with Crippen LogP contribution >= 0.6 is 0 Å². The van der Waals surface area contributed by atoms with Gasteiger partial charge < -0.3 is 11.1 Å². The zero-order valence-electron chi connectivity index (χ0n) is 8.65. The van der Waals surface area contributed by atoms with Crippen LogP contribution in [0.4, 0.5) is 17.5 Å². The highest BCUT2D eigenvalue weighted by Crippen LogP contribution is 2.23. The molecule has 1 heterocycles. The summed E-state index contributed by atoms with van der Waals surface area (Å²) in [5.41, 5.74) is 5.51. The number of anilines is 2. The molecule has 0 aromatic carbocycles.